The van der Waals surface area contributed by atoms with Crippen LogP contribution in [-0.2, 0) is 11.2 Å². The number of aryl methyl sites for hydroxylation is 2. The molecule has 0 radical (unpaired) electrons. The first-order chi connectivity index (χ1) is 13.4. The summed E-state index contributed by atoms with van der Waals surface area (Å²) < 4.78 is 5.45. The Hall–Kier alpha value is -3.28. The molecular formula is C22H27N3O3. The summed E-state index contributed by atoms with van der Waals surface area (Å²) in [6.45, 7) is 10.2. The van der Waals surface area contributed by atoms with Crippen molar-refractivity contribution in [3.8, 4) is 11.5 Å². The zero-order valence-corrected chi connectivity index (χ0v) is 16.6. The molecule has 148 valence electrons. The number of hydrogen-bond acceptors (Lipinski definition) is 5. The number of nitrogens with zero attached hydrogens (tertiary/aromatic N) is 1. The maximum absolute atomic E-state index is 12.0. The van der Waals surface area contributed by atoms with Gasteiger partial charge in [0.15, 0.2) is 11.5 Å². The minimum atomic E-state index is -0.260. The third-order valence-corrected chi connectivity index (χ3v) is 4.20. The molecule has 2 aromatic rings. The molecule has 0 saturated carbocycles. The van der Waals surface area contributed by atoms with Crippen LogP contribution in [0.1, 0.15) is 29.2 Å². The summed E-state index contributed by atoms with van der Waals surface area (Å²) in [5.74, 6) is 0.219. The summed E-state index contributed by atoms with van der Waals surface area (Å²) in [6, 6.07) is 9.40. The second-order valence-corrected chi connectivity index (χ2v) is 6.40. The molecule has 0 bridgehead atoms. The smallest absolute Gasteiger partial charge is 0.259 e. The van der Waals surface area contributed by atoms with Crippen molar-refractivity contribution in [3.63, 3.8) is 0 Å². The van der Waals surface area contributed by atoms with Gasteiger partial charge >= 0.3 is 0 Å². The van der Waals surface area contributed by atoms with Gasteiger partial charge in [-0.2, -0.15) is 5.10 Å². The fraction of sp³-hybridized carbons (Fsp3) is 0.273. The van der Waals surface area contributed by atoms with E-state index in [9.17, 15) is 9.90 Å². The van der Waals surface area contributed by atoms with Gasteiger partial charge in [-0.3, -0.25) is 4.79 Å². The molecule has 0 aliphatic rings. The molecule has 0 fully saturated rings. The summed E-state index contributed by atoms with van der Waals surface area (Å²) in [5.41, 5.74) is 7.14. The third-order valence-electron chi connectivity index (χ3n) is 4.20. The van der Waals surface area contributed by atoms with Gasteiger partial charge in [-0.1, -0.05) is 12.1 Å². The van der Waals surface area contributed by atoms with Crippen LogP contribution in [0.15, 0.2) is 48.1 Å². The fourth-order valence-corrected chi connectivity index (χ4v) is 2.59. The average Bonchev–Trinajstić information content (AvgIpc) is 2.66. The fourth-order valence-electron chi connectivity index (χ4n) is 2.59. The van der Waals surface area contributed by atoms with Gasteiger partial charge in [0.1, 0.15) is 0 Å². The van der Waals surface area contributed by atoms with Crippen LogP contribution in [0, 0.1) is 13.8 Å². The Labute approximate surface area is 165 Å². The largest absolute Gasteiger partial charge is 0.504 e. The van der Waals surface area contributed by atoms with Gasteiger partial charge in [-0.25, -0.2) is 5.43 Å². The second kappa shape index (κ2) is 10.2. The van der Waals surface area contributed by atoms with Crippen molar-refractivity contribution in [1.29, 1.82) is 0 Å². The van der Waals surface area contributed by atoms with Gasteiger partial charge in [0.25, 0.3) is 5.91 Å². The van der Waals surface area contributed by atoms with Gasteiger partial charge in [-0.15, -0.1) is 6.58 Å². The molecule has 0 aromatic heterocycles. The maximum atomic E-state index is 12.0. The first-order valence-corrected chi connectivity index (χ1v) is 9.17. The molecule has 0 aliphatic carbocycles. The van der Waals surface area contributed by atoms with E-state index in [-0.39, 0.29) is 18.2 Å². The summed E-state index contributed by atoms with van der Waals surface area (Å²) in [5, 5.41) is 17.3. The van der Waals surface area contributed by atoms with E-state index in [1.165, 1.54) is 11.8 Å². The first-order valence-electron chi connectivity index (χ1n) is 9.17. The van der Waals surface area contributed by atoms with Crippen molar-refractivity contribution >= 4 is 17.8 Å². The van der Waals surface area contributed by atoms with Crippen LogP contribution in [0.25, 0.3) is 0 Å². The van der Waals surface area contributed by atoms with Crippen LogP contribution in [0.3, 0.4) is 0 Å². The van der Waals surface area contributed by atoms with Crippen LogP contribution in [0.5, 0.6) is 11.5 Å². The van der Waals surface area contributed by atoms with E-state index in [4.69, 9.17) is 4.74 Å². The number of amides is 1. The van der Waals surface area contributed by atoms with Crippen molar-refractivity contribution in [2.24, 2.45) is 5.10 Å². The topological polar surface area (TPSA) is 83.0 Å². The maximum Gasteiger partial charge on any atom is 0.259 e. The molecule has 0 atom stereocenters. The molecule has 0 unspecified atom stereocenters. The predicted molar refractivity (Wildman–Crippen MR) is 113 cm³/mol. The molecular weight excluding hydrogens is 354 g/mol. The highest BCUT2D eigenvalue weighted by Crippen LogP contribution is 2.31. The van der Waals surface area contributed by atoms with E-state index >= 15 is 0 Å². The minimum absolute atomic E-state index is 0.0977. The van der Waals surface area contributed by atoms with Gasteiger partial charge in [-0.05, 0) is 68.1 Å². The number of anilines is 1. The zero-order valence-electron chi connectivity index (χ0n) is 16.6. The highest BCUT2D eigenvalue weighted by Gasteiger charge is 2.09. The van der Waals surface area contributed by atoms with Crippen molar-refractivity contribution in [2.45, 2.75) is 27.2 Å². The van der Waals surface area contributed by atoms with E-state index < -0.39 is 0 Å². The van der Waals surface area contributed by atoms with Crippen LogP contribution >= 0.6 is 0 Å². The molecule has 3 N–H and O–H groups in total. The van der Waals surface area contributed by atoms with Crippen molar-refractivity contribution in [2.75, 3.05) is 18.5 Å². The van der Waals surface area contributed by atoms with Crippen molar-refractivity contribution in [3.05, 3.63) is 65.2 Å². The van der Waals surface area contributed by atoms with E-state index in [2.05, 4.69) is 22.4 Å². The number of hydrogen-bond donors (Lipinski definition) is 3. The Morgan fingerprint density at radius 1 is 1.25 bits per heavy atom. The lowest BCUT2D eigenvalue weighted by molar-refractivity contribution is -0.119. The molecule has 1 amide bonds. The Bertz CT molecular complexity index is 876. The number of allylic oxidation sites excluding steroid dienone is 1. The number of carbonyl (C=O) groups is 1. The van der Waals surface area contributed by atoms with Gasteiger partial charge in [0.05, 0.1) is 19.4 Å². The van der Waals surface area contributed by atoms with Crippen LogP contribution < -0.4 is 15.5 Å². The predicted octanol–water partition coefficient (Wildman–Crippen LogP) is 3.70. The molecule has 0 saturated heterocycles. The standard InChI is InChI=1S/C22H27N3O3/c1-5-7-18-11-17(12-20(22(18)27)28-6-2)13-24-25-21(26)14-23-19-9-8-15(3)16(4)10-19/h5,8-13,23,27H,1,6-7,14H2,2-4H3,(H,25,26)/b24-13-. The number of aromatic hydroxyl groups is 1. The quantitative estimate of drug-likeness (QED) is 0.351. The van der Waals surface area contributed by atoms with Crippen LogP contribution in [-0.4, -0.2) is 30.4 Å². The summed E-state index contributed by atoms with van der Waals surface area (Å²) in [6.07, 6.45) is 3.72. The molecule has 6 heteroatoms. The number of phenols is 1. The van der Waals surface area contributed by atoms with Gasteiger partial charge < -0.3 is 15.2 Å². The van der Waals surface area contributed by atoms with E-state index in [1.807, 2.05) is 39.0 Å². The lowest BCUT2D eigenvalue weighted by atomic mass is 10.1. The number of benzene rings is 2. The number of hydrazone groups is 1. The average molecular weight is 381 g/mol. The van der Waals surface area contributed by atoms with Crippen LogP contribution in [0.4, 0.5) is 5.69 Å². The van der Waals surface area contributed by atoms with E-state index in [1.54, 1.807) is 18.2 Å². The number of carbonyl (C=O) groups excluding carboxylic acids is 1. The summed E-state index contributed by atoms with van der Waals surface area (Å²) >= 11 is 0. The highest BCUT2D eigenvalue weighted by molar-refractivity contribution is 5.85. The molecule has 2 rings (SSSR count). The monoisotopic (exact) mass is 381 g/mol. The van der Waals surface area contributed by atoms with Crippen LogP contribution in [0.2, 0.25) is 0 Å². The Morgan fingerprint density at radius 3 is 2.71 bits per heavy atom. The minimum Gasteiger partial charge on any atom is -0.504 e. The van der Waals surface area contributed by atoms with Gasteiger partial charge in [0, 0.05) is 11.3 Å². The SMILES string of the molecule is C=CCc1cc(/C=N\NC(=O)CNc2ccc(C)c(C)c2)cc(OCC)c1O. The molecule has 6 nitrogen and oxygen atoms in total. The molecule has 0 aliphatic heterocycles. The lowest BCUT2D eigenvalue weighted by Crippen LogP contribution is -2.25. The van der Waals surface area contributed by atoms with Crippen molar-refractivity contribution in [1.82, 2.24) is 5.43 Å². The number of phenolic OH excluding ortho intramolecular Hbond substituents is 1. The third kappa shape index (κ3) is 5.87. The second-order valence-electron chi connectivity index (χ2n) is 6.40. The summed E-state index contributed by atoms with van der Waals surface area (Å²) in [4.78, 5) is 12.0. The molecule has 0 spiro atoms. The molecule has 2 aromatic carbocycles. The number of rotatable bonds is 9. The normalized spacial score (nSPS) is 10.7. The highest BCUT2D eigenvalue weighted by atomic mass is 16.5. The first kappa shape index (κ1) is 21.0. The molecule has 28 heavy (non-hydrogen) atoms. The van der Waals surface area contributed by atoms with E-state index in [0.29, 0.717) is 29.9 Å². The number of nitrogens with one attached hydrogen (secondary N) is 2. The van der Waals surface area contributed by atoms with Crippen molar-refractivity contribution < 1.29 is 14.6 Å². The summed E-state index contributed by atoms with van der Waals surface area (Å²) in [7, 11) is 0. The lowest BCUT2D eigenvalue weighted by Gasteiger charge is -2.11. The Kier molecular flexibility index (Phi) is 7.63. The number of ether oxygens (including phenoxy) is 1. The zero-order chi connectivity index (χ0) is 20.5. The van der Waals surface area contributed by atoms with Gasteiger partial charge in [0.2, 0.25) is 0 Å². The molecule has 0 heterocycles. The Balaban J connectivity index is 1.97. The van der Waals surface area contributed by atoms with E-state index in [0.717, 1.165) is 11.3 Å². The Morgan fingerprint density at radius 2 is 2.04 bits per heavy atom.